The van der Waals surface area contributed by atoms with Crippen LogP contribution in [0, 0.1) is 0 Å². The van der Waals surface area contributed by atoms with Crippen LogP contribution in [-0.4, -0.2) is 40.8 Å². The number of hydrogen-bond acceptors (Lipinski definition) is 2. The number of halogens is 5. The molecule has 0 aliphatic carbocycles. The first-order chi connectivity index (χ1) is 7.09. The van der Waals surface area contributed by atoms with E-state index in [1.807, 2.05) is 0 Å². The standard InChI is InChI=1S/C7H10F5NO2S/c1-16(15)4-2-3-13-5(14)6(8,9)7(10,11)12/h2-4H2,1H3,(H,13,14). The fourth-order valence-corrected chi connectivity index (χ4v) is 1.27. The van der Waals surface area contributed by atoms with Gasteiger partial charge in [0.25, 0.3) is 5.91 Å². The van der Waals surface area contributed by atoms with Crippen molar-refractivity contribution in [3.63, 3.8) is 0 Å². The molecule has 0 heterocycles. The first-order valence-corrected chi connectivity index (χ1v) is 5.84. The van der Waals surface area contributed by atoms with Crippen LogP contribution in [0.1, 0.15) is 6.42 Å². The summed E-state index contributed by atoms with van der Waals surface area (Å²) in [5.41, 5.74) is 0. The number of amides is 1. The summed E-state index contributed by atoms with van der Waals surface area (Å²) in [5, 5.41) is 1.44. The number of rotatable bonds is 5. The predicted molar refractivity (Wildman–Crippen MR) is 47.6 cm³/mol. The second-order valence-corrected chi connectivity index (χ2v) is 4.51. The van der Waals surface area contributed by atoms with Gasteiger partial charge >= 0.3 is 12.1 Å². The third kappa shape index (κ3) is 4.42. The minimum absolute atomic E-state index is 0.0722. The zero-order valence-electron chi connectivity index (χ0n) is 8.24. The Morgan fingerprint density at radius 3 is 2.12 bits per heavy atom. The molecule has 0 radical (unpaired) electrons. The highest BCUT2D eigenvalue weighted by Gasteiger charge is 2.63. The van der Waals surface area contributed by atoms with Gasteiger partial charge in [0.1, 0.15) is 0 Å². The van der Waals surface area contributed by atoms with Gasteiger partial charge < -0.3 is 5.32 Å². The minimum Gasteiger partial charge on any atom is -0.351 e. The second kappa shape index (κ2) is 5.55. The molecule has 16 heavy (non-hydrogen) atoms. The highest BCUT2D eigenvalue weighted by atomic mass is 32.2. The zero-order chi connectivity index (χ0) is 13.0. The van der Waals surface area contributed by atoms with Gasteiger partial charge in [0.2, 0.25) is 0 Å². The Kier molecular flexibility index (Phi) is 5.30. The molecular weight excluding hydrogens is 257 g/mol. The van der Waals surface area contributed by atoms with E-state index in [9.17, 15) is 31.0 Å². The Morgan fingerprint density at radius 1 is 1.25 bits per heavy atom. The van der Waals surface area contributed by atoms with Crippen LogP contribution >= 0.6 is 0 Å². The average molecular weight is 267 g/mol. The summed E-state index contributed by atoms with van der Waals surface area (Å²) < 4.78 is 70.1. The molecule has 1 N–H and O–H groups in total. The van der Waals surface area contributed by atoms with E-state index in [4.69, 9.17) is 0 Å². The highest BCUT2D eigenvalue weighted by Crippen LogP contribution is 2.35. The molecule has 0 saturated heterocycles. The molecule has 1 unspecified atom stereocenters. The predicted octanol–water partition coefficient (Wildman–Crippen LogP) is 1.07. The SMILES string of the molecule is CS(=O)CCCNC(=O)C(F)(F)C(F)(F)F. The molecule has 0 aromatic rings. The van der Waals surface area contributed by atoms with Gasteiger partial charge in [0.15, 0.2) is 0 Å². The molecule has 0 aliphatic heterocycles. The molecule has 9 heteroatoms. The normalized spacial score (nSPS) is 14.6. The van der Waals surface area contributed by atoms with E-state index in [-0.39, 0.29) is 18.7 Å². The van der Waals surface area contributed by atoms with Crippen molar-refractivity contribution in [2.24, 2.45) is 0 Å². The summed E-state index contributed by atoms with van der Waals surface area (Å²) in [6.45, 7) is -0.371. The van der Waals surface area contributed by atoms with Crippen LogP contribution in [0.4, 0.5) is 22.0 Å². The molecule has 0 spiro atoms. The lowest BCUT2D eigenvalue weighted by Gasteiger charge is -2.18. The fraction of sp³-hybridized carbons (Fsp3) is 0.857. The lowest BCUT2D eigenvalue weighted by atomic mass is 10.3. The molecule has 1 amide bonds. The minimum atomic E-state index is -5.90. The van der Waals surface area contributed by atoms with Gasteiger partial charge in [-0.25, -0.2) is 0 Å². The summed E-state index contributed by atoms with van der Waals surface area (Å²) in [5.74, 6) is -7.65. The molecule has 0 aromatic heterocycles. The Bertz CT molecular complexity index is 278. The van der Waals surface area contributed by atoms with Crippen LogP contribution in [0.5, 0.6) is 0 Å². The first kappa shape index (κ1) is 15.3. The maximum atomic E-state index is 12.3. The Morgan fingerprint density at radius 2 is 1.75 bits per heavy atom. The highest BCUT2D eigenvalue weighted by molar-refractivity contribution is 7.84. The van der Waals surface area contributed by atoms with Crippen LogP contribution in [0.15, 0.2) is 0 Å². The van der Waals surface area contributed by atoms with Crippen molar-refractivity contribution < 1.29 is 31.0 Å². The molecule has 0 aromatic carbocycles. The number of hydrogen-bond donors (Lipinski definition) is 1. The molecule has 0 bridgehead atoms. The topological polar surface area (TPSA) is 46.2 Å². The van der Waals surface area contributed by atoms with Crippen molar-refractivity contribution in [2.45, 2.75) is 18.5 Å². The van der Waals surface area contributed by atoms with Gasteiger partial charge in [-0.3, -0.25) is 9.00 Å². The van der Waals surface area contributed by atoms with Crippen molar-refractivity contribution in [3.05, 3.63) is 0 Å². The van der Waals surface area contributed by atoms with E-state index in [0.717, 1.165) is 0 Å². The monoisotopic (exact) mass is 267 g/mol. The van der Waals surface area contributed by atoms with E-state index in [2.05, 4.69) is 0 Å². The Balaban J connectivity index is 4.12. The number of alkyl halides is 5. The molecule has 0 rings (SSSR count). The van der Waals surface area contributed by atoms with Crippen molar-refractivity contribution in [3.8, 4) is 0 Å². The van der Waals surface area contributed by atoms with Crippen LogP contribution in [-0.2, 0) is 15.6 Å². The number of carbonyl (C=O) groups is 1. The third-order valence-electron chi connectivity index (χ3n) is 1.54. The largest absolute Gasteiger partial charge is 0.463 e. The summed E-state index contributed by atoms with van der Waals surface area (Å²) in [4.78, 5) is 10.5. The summed E-state index contributed by atoms with van der Waals surface area (Å²) >= 11 is 0. The lowest BCUT2D eigenvalue weighted by molar-refractivity contribution is -0.269. The van der Waals surface area contributed by atoms with Gasteiger partial charge in [-0.2, -0.15) is 22.0 Å². The maximum absolute atomic E-state index is 12.3. The van der Waals surface area contributed by atoms with E-state index in [0.29, 0.717) is 0 Å². The first-order valence-electron chi connectivity index (χ1n) is 4.12. The van der Waals surface area contributed by atoms with Gasteiger partial charge in [-0.15, -0.1) is 0 Å². The lowest BCUT2D eigenvalue weighted by Crippen LogP contribution is -2.50. The van der Waals surface area contributed by atoms with Gasteiger partial charge in [-0.1, -0.05) is 0 Å². The van der Waals surface area contributed by atoms with Crippen LogP contribution < -0.4 is 5.32 Å². The van der Waals surface area contributed by atoms with Crippen LogP contribution in [0.2, 0.25) is 0 Å². The zero-order valence-corrected chi connectivity index (χ0v) is 9.05. The quantitative estimate of drug-likeness (QED) is 0.598. The smallest absolute Gasteiger partial charge is 0.351 e. The second-order valence-electron chi connectivity index (χ2n) is 2.96. The van der Waals surface area contributed by atoms with Gasteiger partial charge in [0, 0.05) is 29.4 Å². The van der Waals surface area contributed by atoms with Crippen LogP contribution in [0.25, 0.3) is 0 Å². The number of carbonyl (C=O) groups excluding carboxylic acids is 1. The van der Waals surface area contributed by atoms with Crippen LogP contribution in [0.3, 0.4) is 0 Å². The molecule has 1 atom stereocenters. The van der Waals surface area contributed by atoms with Crippen molar-refractivity contribution in [1.29, 1.82) is 0 Å². The Hall–Kier alpha value is -0.730. The number of nitrogens with one attached hydrogen (secondary N) is 1. The maximum Gasteiger partial charge on any atom is 0.463 e. The summed E-state index contributed by atoms with van der Waals surface area (Å²) in [6, 6.07) is 0. The van der Waals surface area contributed by atoms with E-state index < -0.39 is 28.8 Å². The van der Waals surface area contributed by atoms with Crippen molar-refractivity contribution in [2.75, 3.05) is 18.6 Å². The van der Waals surface area contributed by atoms with Gasteiger partial charge in [-0.05, 0) is 6.42 Å². The molecular formula is C7H10F5NO2S. The molecule has 0 saturated carbocycles. The molecule has 96 valence electrons. The van der Waals surface area contributed by atoms with E-state index in [1.54, 1.807) is 0 Å². The van der Waals surface area contributed by atoms with E-state index in [1.165, 1.54) is 11.6 Å². The van der Waals surface area contributed by atoms with Crippen molar-refractivity contribution in [1.82, 2.24) is 5.32 Å². The summed E-state index contributed by atoms with van der Waals surface area (Å²) in [7, 11) is -1.18. The van der Waals surface area contributed by atoms with Crippen molar-refractivity contribution >= 4 is 16.7 Å². The molecule has 0 fully saturated rings. The molecule has 0 aliphatic rings. The van der Waals surface area contributed by atoms with E-state index >= 15 is 0 Å². The summed E-state index contributed by atoms with van der Waals surface area (Å²) in [6.07, 6.45) is -4.47. The van der Waals surface area contributed by atoms with Gasteiger partial charge in [0.05, 0.1) is 0 Å². The third-order valence-corrected chi connectivity index (χ3v) is 2.40. The molecule has 3 nitrogen and oxygen atoms in total. The average Bonchev–Trinajstić information content (AvgIpc) is 2.09. The fourth-order valence-electron chi connectivity index (χ4n) is 0.717. The Labute approximate surface area is 90.8 Å².